The van der Waals surface area contributed by atoms with Gasteiger partial charge < -0.3 is 19.8 Å². The minimum absolute atomic E-state index is 0.0124. The number of piperidine rings is 1. The predicted octanol–water partition coefficient (Wildman–Crippen LogP) is 0.977. The van der Waals surface area contributed by atoms with Gasteiger partial charge in [0.1, 0.15) is 0 Å². The molecule has 1 aromatic heterocycles. The lowest BCUT2D eigenvalue weighted by Crippen LogP contribution is -2.44. The molecule has 0 unspecified atom stereocenters. The number of nitrogens with one attached hydrogen (secondary N) is 1. The molecule has 0 aromatic carbocycles. The smallest absolute Gasteiger partial charge is 0.374 e. The van der Waals surface area contributed by atoms with E-state index >= 15 is 0 Å². The molecule has 0 atom stereocenters. The van der Waals surface area contributed by atoms with Gasteiger partial charge in [0.05, 0.1) is 0 Å². The number of carboxylic acids is 1. The first-order valence-corrected chi connectivity index (χ1v) is 6.83. The molecule has 20 heavy (non-hydrogen) atoms. The Hall–Kier alpha value is -1.89. The van der Waals surface area contributed by atoms with Crippen molar-refractivity contribution in [3.8, 4) is 0 Å². The van der Waals surface area contributed by atoms with E-state index in [9.17, 15) is 9.59 Å². The Morgan fingerprint density at radius 2 is 2.20 bits per heavy atom. The number of aromatic nitrogens is 1. The van der Waals surface area contributed by atoms with Crippen LogP contribution in [0.4, 0.5) is 0 Å². The fourth-order valence-corrected chi connectivity index (χ4v) is 2.36. The molecular weight excluding hydrogens is 262 g/mol. The van der Waals surface area contributed by atoms with Crippen molar-refractivity contribution in [2.45, 2.75) is 32.2 Å². The fraction of sp³-hybridized carbons (Fsp3) is 0.615. The molecule has 110 valence electrons. The first kappa shape index (κ1) is 14.5. The zero-order valence-electron chi connectivity index (χ0n) is 11.5. The Bertz CT molecular complexity index is 478. The van der Waals surface area contributed by atoms with Crippen molar-refractivity contribution in [2.24, 2.45) is 0 Å². The monoisotopic (exact) mass is 281 g/mol. The Labute approximate surface area is 116 Å². The van der Waals surface area contributed by atoms with Crippen molar-refractivity contribution in [1.82, 2.24) is 15.4 Å². The zero-order chi connectivity index (χ0) is 14.5. The van der Waals surface area contributed by atoms with Crippen LogP contribution in [0.3, 0.4) is 0 Å². The maximum Gasteiger partial charge on any atom is 0.374 e. The highest BCUT2D eigenvalue weighted by Crippen LogP contribution is 2.12. The molecule has 7 heteroatoms. The van der Waals surface area contributed by atoms with Gasteiger partial charge in [-0.05, 0) is 25.8 Å². The summed E-state index contributed by atoms with van der Waals surface area (Å²) in [7, 11) is 0. The van der Waals surface area contributed by atoms with Gasteiger partial charge in [0.15, 0.2) is 5.69 Å². The minimum Gasteiger partial charge on any atom is -0.475 e. The van der Waals surface area contributed by atoms with E-state index in [1.165, 1.54) is 0 Å². The van der Waals surface area contributed by atoms with E-state index in [1.807, 2.05) is 0 Å². The maximum atomic E-state index is 11.9. The van der Waals surface area contributed by atoms with Gasteiger partial charge in [-0.2, -0.15) is 0 Å². The highest BCUT2D eigenvalue weighted by Gasteiger charge is 2.23. The van der Waals surface area contributed by atoms with Gasteiger partial charge >= 0.3 is 5.97 Å². The normalized spacial score (nSPS) is 17.1. The second kappa shape index (κ2) is 6.51. The van der Waals surface area contributed by atoms with E-state index in [4.69, 9.17) is 5.11 Å². The van der Waals surface area contributed by atoms with E-state index in [0.29, 0.717) is 0 Å². The highest BCUT2D eigenvalue weighted by atomic mass is 16.5. The molecule has 1 amide bonds. The third-order valence-electron chi connectivity index (χ3n) is 3.42. The summed E-state index contributed by atoms with van der Waals surface area (Å²) in [4.78, 5) is 24.9. The molecule has 1 fully saturated rings. The molecule has 1 aliphatic rings. The number of hydrogen-bond acceptors (Lipinski definition) is 5. The molecule has 0 bridgehead atoms. The SMILES string of the molecule is CCCN1CCC(NC(=O)c2cc(C(=O)O)on2)CC1. The molecule has 0 aliphatic carbocycles. The van der Waals surface area contributed by atoms with Crippen LogP contribution in [-0.4, -0.2) is 52.7 Å². The molecule has 2 rings (SSSR count). The van der Waals surface area contributed by atoms with Gasteiger partial charge in [-0.15, -0.1) is 0 Å². The van der Waals surface area contributed by atoms with Crippen LogP contribution in [-0.2, 0) is 0 Å². The highest BCUT2D eigenvalue weighted by molar-refractivity contribution is 5.94. The Kier molecular flexibility index (Phi) is 4.73. The van der Waals surface area contributed by atoms with Crippen LogP contribution in [0.5, 0.6) is 0 Å². The van der Waals surface area contributed by atoms with Crippen LogP contribution >= 0.6 is 0 Å². The zero-order valence-corrected chi connectivity index (χ0v) is 11.5. The van der Waals surface area contributed by atoms with Gasteiger partial charge in [0.2, 0.25) is 5.76 Å². The summed E-state index contributed by atoms with van der Waals surface area (Å²) in [6, 6.07) is 1.25. The topological polar surface area (TPSA) is 95.7 Å². The van der Waals surface area contributed by atoms with Gasteiger partial charge in [0.25, 0.3) is 5.91 Å². The number of rotatable bonds is 5. The van der Waals surface area contributed by atoms with Crippen molar-refractivity contribution in [3.05, 3.63) is 17.5 Å². The summed E-state index contributed by atoms with van der Waals surface area (Å²) >= 11 is 0. The van der Waals surface area contributed by atoms with E-state index in [1.54, 1.807) is 0 Å². The third kappa shape index (κ3) is 3.57. The van der Waals surface area contributed by atoms with Gasteiger partial charge in [-0.3, -0.25) is 4.79 Å². The summed E-state index contributed by atoms with van der Waals surface area (Å²) < 4.78 is 4.57. The number of likely N-dealkylation sites (tertiary alicyclic amines) is 1. The maximum absolute atomic E-state index is 11.9. The van der Waals surface area contributed by atoms with E-state index in [0.717, 1.165) is 45.0 Å². The quantitative estimate of drug-likeness (QED) is 0.835. The largest absolute Gasteiger partial charge is 0.475 e. The number of aromatic carboxylic acids is 1. The van der Waals surface area contributed by atoms with Crippen LogP contribution in [0.25, 0.3) is 0 Å². The summed E-state index contributed by atoms with van der Waals surface area (Å²) in [6.07, 6.45) is 2.93. The first-order valence-electron chi connectivity index (χ1n) is 6.83. The lowest BCUT2D eigenvalue weighted by molar-refractivity contribution is 0.0650. The number of amides is 1. The lowest BCUT2D eigenvalue weighted by Gasteiger charge is -2.31. The summed E-state index contributed by atoms with van der Waals surface area (Å²) in [5, 5.41) is 15.0. The molecular formula is C13H19N3O4. The Morgan fingerprint density at radius 1 is 1.50 bits per heavy atom. The number of carbonyl (C=O) groups is 2. The predicted molar refractivity (Wildman–Crippen MR) is 70.7 cm³/mol. The average Bonchev–Trinajstić information content (AvgIpc) is 2.91. The van der Waals surface area contributed by atoms with Crippen molar-refractivity contribution in [2.75, 3.05) is 19.6 Å². The van der Waals surface area contributed by atoms with Gasteiger partial charge in [-0.1, -0.05) is 12.1 Å². The summed E-state index contributed by atoms with van der Waals surface area (Å²) in [5.74, 6) is -1.94. The van der Waals surface area contributed by atoms with Gasteiger partial charge in [-0.25, -0.2) is 4.79 Å². The van der Waals surface area contributed by atoms with E-state index in [-0.39, 0.29) is 23.4 Å². The summed E-state index contributed by atoms with van der Waals surface area (Å²) in [6.45, 7) is 5.18. The molecule has 0 saturated carbocycles. The van der Waals surface area contributed by atoms with Crippen molar-refractivity contribution >= 4 is 11.9 Å². The van der Waals surface area contributed by atoms with Crippen LogP contribution in [0.1, 0.15) is 47.2 Å². The van der Waals surface area contributed by atoms with Crippen LogP contribution in [0, 0.1) is 0 Å². The average molecular weight is 281 g/mol. The molecule has 1 aromatic rings. The number of carbonyl (C=O) groups excluding carboxylic acids is 1. The molecule has 0 spiro atoms. The molecule has 1 aliphatic heterocycles. The van der Waals surface area contributed by atoms with Crippen LogP contribution < -0.4 is 5.32 Å². The Balaban J connectivity index is 1.84. The van der Waals surface area contributed by atoms with Crippen LogP contribution in [0.15, 0.2) is 10.6 Å². The second-order valence-electron chi connectivity index (χ2n) is 4.97. The number of hydrogen-bond donors (Lipinski definition) is 2. The van der Waals surface area contributed by atoms with Crippen LogP contribution in [0.2, 0.25) is 0 Å². The first-order chi connectivity index (χ1) is 9.60. The second-order valence-corrected chi connectivity index (χ2v) is 4.97. The van der Waals surface area contributed by atoms with Crippen molar-refractivity contribution in [3.63, 3.8) is 0 Å². The third-order valence-corrected chi connectivity index (χ3v) is 3.42. The lowest BCUT2D eigenvalue weighted by atomic mass is 10.0. The molecule has 1 saturated heterocycles. The van der Waals surface area contributed by atoms with E-state index < -0.39 is 5.97 Å². The standard InChI is InChI=1S/C13H19N3O4/c1-2-5-16-6-3-9(4-7-16)14-12(17)10-8-11(13(18)19)20-15-10/h8-9H,2-7H2,1H3,(H,14,17)(H,18,19). The molecule has 2 N–H and O–H groups in total. The van der Waals surface area contributed by atoms with E-state index in [2.05, 4.69) is 26.8 Å². The molecule has 2 heterocycles. The minimum atomic E-state index is -1.23. The Morgan fingerprint density at radius 3 is 2.75 bits per heavy atom. The fourth-order valence-electron chi connectivity index (χ4n) is 2.36. The number of carboxylic acid groups (broad SMARTS) is 1. The van der Waals surface area contributed by atoms with Crippen molar-refractivity contribution in [1.29, 1.82) is 0 Å². The van der Waals surface area contributed by atoms with Gasteiger partial charge in [0, 0.05) is 25.2 Å². The molecule has 7 nitrogen and oxygen atoms in total. The molecule has 0 radical (unpaired) electrons. The number of nitrogens with zero attached hydrogens (tertiary/aromatic N) is 2. The summed E-state index contributed by atoms with van der Waals surface area (Å²) in [5.41, 5.74) is 0.0124. The van der Waals surface area contributed by atoms with Crippen molar-refractivity contribution < 1.29 is 19.2 Å².